The molecule has 2 aromatic carbocycles. The molecule has 1 aliphatic rings. The molecular weight excluding hydrogens is 386 g/mol. The van der Waals surface area contributed by atoms with E-state index in [4.69, 9.17) is 18.9 Å². The van der Waals surface area contributed by atoms with Crippen molar-refractivity contribution in [1.82, 2.24) is 4.90 Å². The highest BCUT2D eigenvalue weighted by molar-refractivity contribution is 5.70. The number of carboxylic acids is 1. The van der Waals surface area contributed by atoms with Gasteiger partial charge in [0.05, 0.1) is 40.4 Å². The Morgan fingerprint density at radius 1 is 0.900 bits per heavy atom. The van der Waals surface area contributed by atoms with Crippen LogP contribution in [0, 0.1) is 5.92 Å². The lowest BCUT2D eigenvalue weighted by molar-refractivity contribution is -0.143. The summed E-state index contributed by atoms with van der Waals surface area (Å²) >= 11 is 0. The van der Waals surface area contributed by atoms with Gasteiger partial charge in [-0.1, -0.05) is 12.1 Å². The van der Waals surface area contributed by atoms with E-state index in [0.29, 0.717) is 43.2 Å². The zero-order valence-corrected chi connectivity index (χ0v) is 17.9. The molecule has 0 spiro atoms. The molecule has 162 valence electrons. The fraction of sp³-hybridized carbons (Fsp3) is 0.435. The van der Waals surface area contributed by atoms with Crippen molar-refractivity contribution in [2.24, 2.45) is 5.92 Å². The van der Waals surface area contributed by atoms with Crippen LogP contribution >= 0.6 is 0 Å². The Labute approximate surface area is 177 Å². The normalized spacial score (nSPS) is 16.0. The van der Waals surface area contributed by atoms with Crippen LogP contribution in [0.5, 0.6) is 23.0 Å². The second-order valence-corrected chi connectivity index (χ2v) is 7.27. The van der Waals surface area contributed by atoms with Crippen molar-refractivity contribution < 1.29 is 28.8 Å². The first-order valence-electron chi connectivity index (χ1n) is 9.93. The van der Waals surface area contributed by atoms with Crippen molar-refractivity contribution in [3.05, 3.63) is 47.5 Å². The van der Waals surface area contributed by atoms with Crippen LogP contribution in [-0.2, 0) is 4.79 Å². The quantitative estimate of drug-likeness (QED) is 0.706. The van der Waals surface area contributed by atoms with Gasteiger partial charge in [-0.3, -0.25) is 9.69 Å². The molecule has 1 aliphatic heterocycles. The number of benzene rings is 2. The molecule has 0 aliphatic carbocycles. The fourth-order valence-corrected chi connectivity index (χ4v) is 4.04. The van der Waals surface area contributed by atoms with Crippen LogP contribution < -0.4 is 18.9 Å². The highest BCUT2D eigenvalue weighted by Crippen LogP contribution is 2.43. The third-order valence-corrected chi connectivity index (χ3v) is 5.71. The highest BCUT2D eigenvalue weighted by Gasteiger charge is 2.32. The number of carboxylic acid groups (broad SMARTS) is 1. The van der Waals surface area contributed by atoms with E-state index in [1.807, 2.05) is 36.4 Å². The molecule has 1 atom stereocenters. The minimum Gasteiger partial charge on any atom is -0.497 e. The van der Waals surface area contributed by atoms with E-state index in [1.165, 1.54) is 0 Å². The number of hydrogen-bond donors (Lipinski definition) is 1. The fourth-order valence-electron chi connectivity index (χ4n) is 4.04. The first kappa shape index (κ1) is 21.8. The van der Waals surface area contributed by atoms with Gasteiger partial charge >= 0.3 is 5.97 Å². The number of carbonyl (C=O) groups is 1. The number of ether oxygens (including phenoxy) is 4. The van der Waals surface area contributed by atoms with Gasteiger partial charge in [0, 0.05) is 11.6 Å². The third kappa shape index (κ3) is 4.46. The predicted molar refractivity (Wildman–Crippen MR) is 113 cm³/mol. The maximum atomic E-state index is 11.4. The second kappa shape index (κ2) is 9.71. The lowest BCUT2D eigenvalue weighted by Crippen LogP contribution is -2.39. The molecule has 1 N–H and O–H groups in total. The maximum Gasteiger partial charge on any atom is 0.306 e. The summed E-state index contributed by atoms with van der Waals surface area (Å²) in [5, 5.41) is 9.38. The molecular formula is C23H29NO6. The molecule has 0 aromatic heterocycles. The summed E-state index contributed by atoms with van der Waals surface area (Å²) in [5.41, 5.74) is 2.00. The minimum atomic E-state index is -0.723. The summed E-state index contributed by atoms with van der Waals surface area (Å²) in [7, 11) is 6.47. The van der Waals surface area contributed by atoms with Gasteiger partial charge in [0.1, 0.15) is 11.5 Å². The maximum absolute atomic E-state index is 11.4. The molecule has 1 heterocycles. The molecule has 1 unspecified atom stereocenters. The van der Waals surface area contributed by atoms with E-state index in [2.05, 4.69) is 4.90 Å². The Morgan fingerprint density at radius 3 is 1.97 bits per heavy atom. The van der Waals surface area contributed by atoms with Crippen molar-refractivity contribution >= 4 is 5.97 Å². The summed E-state index contributed by atoms with van der Waals surface area (Å²) in [6.45, 7) is 1.34. The van der Waals surface area contributed by atoms with E-state index in [0.717, 1.165) is 16.9 Å². The number of piperidine rings is 1. The molecule has 7 nitrogen and oxygen atoms in total. The molecule has 0 saturated carbocycles. The molecule has 0 bridgehead atoms. The third-order valence-electron chi connectivity index (χ3n) is 5.71. The molecule has 2 aromatic rings. The summed E-state index contributed by atoms with van der Waals surface area (Å²) in [4.78, 5) is 13.7. The van der Waals surface area contributed by atoms with E-state index in [1.54, 1.807) is 28.4 Å². The SMILES string of the molecule is COc1ccc(C(c2cc(OC)c(OC)cc2OC)N2CCC(C(=O)O)CC2)cc1. The summed E-state index contributed by atoms with van der Waals surface area (Å²) in [6.07, 6.45) is 1.22. The molecule has 1 fully saturated rings. The van der Waals surface area contributed by atoms with Gasteiger partial charge in [0.2, 0.25) is 0 Å². The van der Waals surface area contributed by atoms with E-state index < -0.39 is 5.97 Å². The summed E-state index contributed by atoms with van der Waals surface area (Å²) in [5.74, 6) is 1.66. The van der Waals surface area contributed by atoms with Gasteiger partial charge in [-0.2, -0.15) is 0 Å². The molecule has 0 amide bonds. The van der Waals surface area contributed by atoms with Gasteiger partial charge in [-0.05, 0) is 49.7 Å². The van der Waals surface area contributed by atoms with Crippen LogP contribution in [0.2, 0.25) is 0 Å². The lowest BCUT2D eigenvalue weighted by Gasteiger charge is -2.37. The van der Waals surface area contributed by atoms with Crippen molar-refractivity contribution in [3.63, 3.8) is 0 Å². The number of nitrogens with zero attached hydrogens (tertiary/aromatic N) is 1. The minimum absolute atomic E-state index is 0.125. The molecule has 30 heavy (non-hydrogen) atoms. The zero-order chi connectivity index (χ0) is 21.7. The molecule has 1 saturated heterocycles. The Hall–Kier alpha value is -2.93. The topological polar surface area (TPSA) is 77.5 Å². The zero-order valence-electron chi connectivity index (χ0n) is 17.9. The number of methoxy groups -OCH3 is 4. The van der Waals surface area contributed by atoms with Crippen molar-refractivity contribution in [1.29, 1.82) is 0 Å². The average molecular weight is 415 g/mol. The lowest BCUT2D eigenvalue weighted by atomic mass is 9.90. The first-order valence-corrected chi connectivity index (χ1v) is 9.93. The Kier molecular flexibility index (Phi) is 7.05. The van der Waals surface area contributed by atoms with Crippen LogP contribution in [0.15, 0.2) is 36.4 Å². The number of aliphatic carboxylic acids is 1. The Morgan fingerprint density at radius 2 is 1.47 bits per heavy atom. The Bertz CT molecular complexity index is 859. The van der Waals surface area contributed by atoms with Crippen LogP contribution in [0.3, 0.4) is 0 Å². The van der Waals surface area contributed by atoms with Crippen molar-refractivity contribution in [2.45, 2.75) is 18.9 Å². The Balaban J connectivity index is 2.06. The van der Waals surface area contributed by atoms with Crippen molar-refractivity contribution in [3.8, 4) is 23.0 Å². The predicted octanol–water partition coefficient (Wildman–Crippen LogP) is 3.61. The van der Waals surface area contributed by atoms with Crippen LogP contribution in [0.4, 0.5) is 0 Å². The first-order chi connectivity index (χ1) is 14.5. The van der Waals surface area contributed by atoms with Gasteiger partial charge in [-0.15, -0.1) is 0 Å². The van der Waals surface area contributed by atoms with E-state index in [9.17, 15) is 9.90 Å². The molecule has 3 rings (SSSR count). The summed E-state index contributed by atoms with van der Waals surface area (Å²) in [6, 6.07) is 11.6. The highest BCUT2D eigenvalue weighted by atomic mass is 16.5. The second-order valence-electron chi connectivity index (χ2n) is 7.27. The van der Waals surface area contributed by atoms with Crippen LogP contribution in [0.25, 0.3) is 0 Å². The summed E-state index contributed by atoms with van der Waals surface area (Å²) < 4.78 is 22.0. The van der Waals surface area contributed by atoms with Gasteiger partial charge in [0.25, 0.3) is 0 Å². The average Bonchev–Trinajstić information content (AvgIpc) is 2.79. The molecule has 0 radical (unpaired) electrons. The standard InChI is InChI=1S/C23H29NO6/c1-27-17-7-5-15(6-8-17)22(24-11-9-16(10-12-24)23(25)26)18-13-20(29-3)21(30-4)14-19(18)28-2/h5-8,13-14,16,22H,9-12H2,1-4H3,(H,25,26). The van der Waals surface area contributed by atoms with E-state index in [-0.39, 0.29) is 12.0 Å². The van der Waals surface area contributed by atoms with Gasteiger partial charge < -0.3 is 24.1 Å². The largest absolute Gasteiger partial charge is 0.497 e. The number of hydrogen-bond acceptors (Lipinski definition) is 6. The molecule has 7 heteroatoms. The number of likely N-dealkylation sites (tertiary alicyclic amines) is 1. The van der Waals surface area contributed by atoms with Crippen molar-refractivity contribution in [2.75, 3.05) is 41.5 Å². The number of rotatable bonds is 8. The van der Waals surface area contributed by atoms with E-state index >= 15 is 0 Å². The van der Waals surface area contributed by atoms with Crippen LogP contribution in [0.1, 0.15) is 30.0 Å². The van der Waals surface area contributed by atoms with Gasteiger partial charge in [0.15, 0.2) is 11.5 Å². The monoisotopic (exact) mass is 415 g/mol. The smallest absolute Gasteiger partial charge is 0.306 e. The van der Waals surface area contributed by atoms with Crippen LogP contribution in [-0.4, -0.2) is 57.5 Å². The van der Waals surface area contributed by atoms with Gasteiger partial charge in [-0.25, -0.2) is 0 Å².